The molecule has 0 aromatic heterocycles. The molecular formula is C32H44O6. The lowest BCUT2D eigenvalue weighted by Gasteiger charge is -2.22. The van der Waals surface area contributed by atoms with Crippen LogP contribution in [0.1, 0.15) is 59.4 Å². The Balaban J connectivity index is 1.74. The first-order chi connectivity index (χ1) is 17.9. The van der Waals surface area contributed by atoms with Crippen molar-refractivity contribution in [1.29, 1.82) is 0 Å². The first kappa shape index (κ1) is 31.4. The lowest BCUT2D eigenvalue weighted by Crippen LogP contribution is -2.32. The number of ketones is 1. The van der Waals surface area contributed by atoms with Crippen molar-refractivity contribution in [3.05, 3.63) is 95.3 Å². The van der Waals surface area contributed by atoms with Crippen LogP contribution in [0.15, 0.2) is 89.8 Å². The van der Waals surface area contributed by atoms with Crippen molar-refractivity contribution in [3.8, 4) is 0 Å². The number of hydrogen-bond donors (Lipinski definition) is 4. The fourth-order valence-corrected chi connectivity index (χ4v) is 4.37. The molecule has 208 valence electrons. The van der Waals surface area contributed by atoms with Crippen LogP contribution in [0, 0.1) is 11.8 Å². The van der Waals surface area contributed by atoms with Crippen LogP contribution in [0.2, 0.25) is 0 Å². The molecule has 1 heterocycles. The highest BCUT2D eigenvalue weighted by Gasteiger charge is 2.42. The predicted molar refractivity (Wildman–Crippen MR) is 151 cm³/mol. The van der Waals surface area contributed by atoms with Gasteiger partial charge in [0.15, 0.2) is 0 Å². The largest absolute Gasteiger partial charge is 0.459 e. The van der Waals surface area contributed by atoms with Gasteiger partial charge in [0.05, 0.1) is 18.3 Å². The van der Waals surface area contributed by atoms with Crippen molar-refractivity contribution in [2.45, 2.75) is 84.4 Å². The predicted octanol–water partition coefficient (Wildman–Crippen LogP) is 4.95. The van der Waals surface area contributed by atoms with Crippen LogP contribution >= 0.6 is 0 Å². The Bertz CT molecular complexity index is 1050. The van der Waals surface area contributed by atoms with E-state index in [1.807, 2.05) is 62.4 Å². The summed E-state index contributed by atoms with van der Waals surface area (Å²) in [4.78, 5) is 11.9. The molecule has 0 radical (unpaired) electrons. The molecule has 2 rings (SSSR count). The number of aryl methyl sites for hydroxylation is 1. The summed E-state index contributed by atoms with van der Waals surface area (Å²) in [6.07, 6.45) is 12.7. The number of aliphatic hydroxyl groups excluding tert-OH is 3. The molecule has 0 bridgehead atoms. The van der Waals surface area contributed by atoms with Crippen molar-refractivity contribution >= 4 is 5.78 Å². The molecule has 0 saturated carbocycles. The number of carbonyl (C=O) groups excluding carboxylic acids is 1. The van der Waals surface area contributed by atoms with Gasteiger partial charge in [-0.25, -0.2) is 0 Å². The van der Waals surface area contributed by atoms with Crippen LogP contribution in [-0.4, -0.2) is 50.3 Å². The van der Waals surface area contributed by atoms with E-state index in [0.717, 1.165) is 18.4 Å². The maximum Gasteiger partial charge on any atom is 0.269 e. The Kier molecular flexibility index (Phi) is 12.4. The number of ether oxygens (including phenoxy) is 1. The molecule has 1 aliphatic heterocycles. The third kappa shape index (κ3) is 10.2. The summed E-state index contributed by atoms with van der Waals surface area (Å²) in [7, 11) is 0. The topological polar surface area (TPSA) is 107 Å². The Hall–Kier alpha value is -2.77. The Morgan fingerprint density at radius 3 is 2.37 bits per heavy atom. The second-order valence-corrected chi connectivity index (χ2v) is 10.5. The summed E-state index contributed by atoms with van der Waals surface area (Å²) < 4.78 is 5.24. The first-order valence-corrected chi connectivity index (χ1v) is 13.3. The Labute approximate surface area is 227 Å². The summed E-state index contributed by atoms with van der Waals surface area (Å²) in [6.45, 7) is 8.90. The van der Waals surface area contributed by atoms with E-state index in [1.165, 1.54) is 12.5 Å². The zero-order valence-corrected chi connectivity index (χ0v) is 23.2. The van der Waals surface area contributed by atoms with Gasteiger partial charge < -0.3 is 25.2 Å². The lowest BCUT2D eigenvalue weighted by atomic mass is 9.88. The highest BCUT2D eigenvalue weighted by Crippen LogP contribution is 2.31. The van der Waals surface area contributed by atoms with Crippen molar-refractivity contribution in [2.75, 3.05) is 0 Å². The standard InChI is InChI=1S/C32H44O6/c1-22(13-11-14-23(2)30(35)24(3)18-19-26-15-7-6-8-16-26)12-9-10-17-27(33)20-28(34)21-29-25(4)31(36)32(5,37)38-29/h6-17,23-24,27-28,30,33-35,37H,18-21H2,1-5H3/b12-9+,14-11+,17-10+,22-13+/t23-,24-,27+,28-,30+,32-/m0/s1. The smallest absolute Gasteiger partial charge is 0.269 e. The molecule has 38 heavy (non-hydrogen) atoms. The van der Waals surface area contributed by atoms with Crippen LogP contribution in [-0.2, 0) is 16.0 Å². The second kappa shape index (κ2) is 15.0. The molecular weight excluding hydrogens is 480 g/mol. The van der Waals surface area contributed by atoms with Gasteiger partial charge in [-0.2, -0.15) is 0 Å². The number of benzene rings is 1. The maximum absolute atomic E-state index is 11.9. The third-order valence-electron chi connectivity index (χ3n) is 6.87. The van der Waals surface area contributed by atoms with E-state index in [2.05, 4.69) is 19.1 Å². The quantitative estimate of drug-likeness (QED) is 0.257. The third-order valence-corrected chi connectivity index (χ3v) is 6.87. The minimum absolute atomic E-state index is 0.0358. The van der Waals surface area contributed by atoms with Gasteiger partial charge in [-0.3, -0.25) is 4.79 Å². The zero-order valence-electron chi connectivity index (χ0n) is 23.2. The fourth-order valence-electron chi connectivity index (χ4n) is 4.37. The summed E-state index contributed by atoms with van der Waals surface area (Å²) in [5, 5.41) is 41.0. The average molecular weight is 525 g/mol. The Morgan fingerprint density at radius 1 is 1.05 bits per heavy atom. The van der Waals surface area contributed by atoms with E-state index in [4.69, 9.17) is 4.74 Å². The monoisotopic (exact) mass is 524 g/mol. The molecule has 1 aliphatic rings. The van der Waals surface area contributed by atoms with Crippen LogP contribution < -0.4 is 0 Å². The number of carbonyl (C=O) groups is 1. The molecule has 0 amide bonds. The summed E-state index contributed by atoms with van der Waals surface area (Å²) in [5.74, 6) is -1.92. The molecule has 0 saturated heterocycles. The van der Waals surface area contributed by atoms with Crippen molar-refractivity contribution in [1.82, 2.24) is 0 Å². The SMILES string of the molecule is CC1=C(C[C@@H](O)C[C@H](O)/C=C/C=C/C(C)=C/C=C/[C@H](C)[C@@H](O)[C@@H](C)CCc2ccccc2)O[C@](C)(O)C1=O. The zero-order chi connectivity index (χ0) is 28.3. The highest BCUT2D eigenvalue weighted by atomic mass is 16.6. The van der Waals surface area contributed by atoms with Crippen LogP contribution in [0.5, 0.6) is 0 Å². The van der Waals surface area contributed by atoms with Gasteiger partial charge in [0.1, 0.15) is 5.76 Å². The normalized spacial score (nSPS) is 22.9. The molecule has 0 fully saturated rings. The van der Waals surface area contributed by atoms with E-state index >= 15 is 0 Å². The molecule has 1 aromatic carbocycles. The number of hydrogen-bond acceptors (Lipinski definition) is 6. The number of allylic oxidation sites excluding steroid dienone is 6. The second-order valence-electron chi connectivity index (χ2n) is 10.5. The van der Waals surface area contributed by atoms with Gasteiger partial charge in [0.2, 0.25) is 5.78 Å². The molecule has 0 aliphatic carbocycles. The summed E-state index contributed by atoms with van der Waals surface area (Å²) in [5.41, 5.74) is 2.59. The van der Waals surface area contributed by atoms with Crippen LogP contribution in [0.3, 0.4) is 0 Å². The van der Waals surface area contributed by atoms with E-state index in [9.17, 15) is 25.2 Å². The van der Waals surface area contributed by atoms with Gasteiger partial charge in [-0.15, -0.1) is 0 Å². The number of aliphatic hydroxyl groups is 4. The molecule has 1 aromatic rings. The van der Waals surface area contributed by atoms with E-state index in [-0.39, 0.29) is 30.4 Å². The minimum atomic E-state index is -1.89. The van der Waals surface area contributed by atoms with Crippen molar-refractivity contribution in [3.63, 3.8) is 0 Å². The van der Waals surface area contributed by atoms with Gasteiger partial charge >= 0.3 is 0 Å². The summed E-state index contributed by atoms with van der Waals surface area (Å²) >= 11 is 0. The van der Waals surface area contributed by atoms with Crippen LogP contribution in [0.25, 0.3) is 0 Å². The molecule has 0 unspecified atom stereocenters. The van der Waals surface area contributed by atoms with Gasteiger partial charge in [0.25, 0.3) is 5.79 Å². The van der Waals surface area contributed by atoms with E-state index in [0.29, 0.717) is 5.57 Å². The number of rotatable bonds is 14. The highest BCUT2D eigenvalue weighted by molar-refractivity contribution is 6.02. The van der Waals surface area contributed by atoms with Gasteiger partial charge in [0, 0.05) is 31.3 Å². The molecule has 6 nitrogen and oxygen atoms in total. The lowest BCUT2D eigenvalue weighted by molar-refractivity contribution is -0.171. The maximum atomic E-state index is 11.9. The molecule has 6 atom stereocenters. The van der Waals surface area contributed by atoms with E-state index in [1.54, 1.807) is 19.1 Å². The summed E-state index contributed by atoms with van der Waals surface area (Å²) in [6, 6.07) is 10.3. The van der Waals surface area contributed by atoms with Gasteiger partial charge in [-0.1, -0.05) is 92.3 Å². The molecule has 0 spiro atoms. The van der Waals surface area contributed by atoms with Gasteiger partial charge in [-0.05, 0) is 38.2 Å². The molecule has 4 N–H and O–H groups in total. The van der Waals surface area contributed by atoms with Crippen molar-refractivity contribution in [2.24, 2.45) is 11.8 Å². The molecule has 6 heteroatoms. The van der Waals surface area contributed by atoms with Crippen molar-refractivity contribution < 1.29 is 30.0 Å². The van der Waals surface area contributed by atoms with Crippen LogP contribution in [0.4, 0.5) is 0 Å². The average Bonchev–Trinajstić information content (AvgIpc) is 3.06. The minimum Gasteiger partial charge on any atom is -0.459 e. The fraction of sp³-hybridized carbons (Fsp3) is 0.469. The first-order valence-electron chi connectivity index (χ1n) is 13.3. The number of Topliss-reactive ketones (excluding diaryl/α,β-unsaturated/α-hetero) is 1. The van der Waals surface area contributed by atoms with E-state index < -0.39 is 29.9 Å². The Morgan fingerprint density at radius 2 is 1.74 bits per heavy atom.